The molecule has 25 heavy (non-hydrogen) atoms. The van der Waals surface area contributed by atoms with Crippen molar-refractivity contribution in [2.75, 3.05) is 6.54 Å². The van der Waals surface area contributed by atoms with Crippen molar-refractivity contribution in [2.45, 2.75) is 24.9 Å². The van der Waals surface area contributed by atoms with Crippen LogP contribution in [0.4, 0.5) is 0 Å². The molecule has 0 radical (unpaired) electrons. The lowest BCUT2D eigenvalue weighted by atomic mass is 10.0. The number of likely N-dealkylation sites (tertiary alicyclic amines) is 1. The Kier molecular flexibility index (Phi) is 4.22. The highest BCUT2D eigenvalue weighted by Crippen LogP contribution is 2.35. The average molecular weight is 345 g/mol. The van der Waals surface area contributed by atoms with E-state index in [1.165, 1.54) is 12.1 Å². The maximum Gasteiger partial charge on any atom is 0.335 e. The second kappa shape index (κ2) is 6.21. The van der Waals surface area contributed by atoms with E-state index >= 15 is 0 Å². The Morgan fingerprint density at radius 1 is 1.28 bits per heavy atom. The van der Waals surface area contributed by atoms with Gasteiger partial charge in [0.25, 0.3) is 0 Å². The summed E-state index contributed by atoms with van der Waals surface area (Å²) < 4.78 is 1.75. The molecule has 132 valence electrons. The molecule has 0 spiro atoms. The summed E-state index contributed by atoms with van der Waals surface area (Å²) in [7, 11) is 1.76. The average Bonchev–Trinajstić information content (AvgIpc) is 3.13. The molecule has 1 fully saturated rings. The van der Waals surface area contributed by atoms with Crippen molar-refractivity contribution in [3.05, 3.63) is 35.5 Å². The first-order chi connectivity index (χ1) is 11.8. The van der Waals surface area contributed by atoms with Gasteiger partial charge in [0, 0.05) is 36.3 Å². The fraction of sp³-hybridized carbons (Fsp3) is 0.353. The maximum absolute atomic E-state index is 12.0. The third kappa shape index (κ3) is 2.85. The zero-order valence-corrected chi connectivity index (χ0v) is 13.7. The van der Waals surface area contributed by atoms with E-state index in [1.54, 1.807) is 28.8 Å². The van der Waals surface area contributed by atoms with Gasteiger partial charge in [-0.2, -0.15) is 0 Å². The third-order valence-electron chi connectivity index (χ3n) is 4.75. The molecule has 3 rings (SSSR count). The summed E-state index contributed by atoms with van der Waals surface area (Å²) in [6, 6.07) is 2.90. The summed E-state index contributed by atoms with van der Waals surface area (Å²) >= 11 is 0. The fourth-order valence-electron chi connectivity index (χ4n) is 3.63. The van der Waals surface area contributed by atoms with E-state index in [1.807, 2.05) is 0 Å². The number of nitrogens with zero attached hydrogens (tertiary/aromatic N) is 2. The number of hydrogen-bond donors (Lipinski definition) is 3. The first kappa shape index (κ1) is 17.0. The molecular weight excluding hydrogens is 326 g/mol. The van der Waals surface area contributed by atoms with Gasteiger partial charge in [0.1, 0.15) is 6.04 Å². The van der Waals surface area contributed by atoms with E-state index < -0.39 is 29.9 Å². The molecule has 1 aliphatic heterocycles. The highest BCUT2D eigenvalue weighted by molar-refractivity contribution is 5.97. The van der Waals surface area contributed by atoms with Crippen LogP contribution >= 0.6 is 0 Å². The van der Waals surface area contributed by atoms with Crippen LogP contribution in [0.5, 0.6) is 0 Å². The number of carboxylic acids is 2. The molecule has 8 heteroatoms. The van der Waals surface area contributed by atoms with Crippen molar-refractivity contribution in [3.8, 4) is 0 Å². The van der Waals surface area contributed by atoms with E-state index in [4.69, 9.17) is 5.73 Å². The van der Waals surface area contributed by atoms with Crippen LogP contribution in [0, 0.1) is 0 Å². The molecule has 2 aromatic rings. The number of fused-ring (bicyclic) bond motifs is 1. The van der Waals surface area contributed by atoms with Crippen LogP contribution in [-0.2, 0) is 16.6 Å². The van der Waals surface area contributed by atoms with Crippen molar-refractivity contribution >= 4 is 28.7 Å². The van der Waals surface area contributed by atoms with Crippen LogP contribution in [0.15, 0.2) is 24.4 Å². The molecule has 1 saturated heterocycles. The fourth-order valence-corrected chi connectivity index (χ4v) is 3.63. The summed E-state index contributed by atoms with van der Waals surface area (Å²) in [5, 5.41) is 19.6. The molecule has 0 saturated carbocycles. The number of benzene rings is 1. The normalized spacial score (nSPS) is 19.2. The summed E-state index contributed by atoms with van der Waals surface area (Å²) in [5.74, 6) is -2.73. The van der Waals surface area contributed by atoms with Gasteiger partial charge in [-0.1, -0.05) is 0 Å². The lowest BCUT2D eigenvalue weighted by Crippen LogP contribution is -2.44. The number of primary amides is 1. The summed E-state index contributed by atoms with van der Waals surface area (Å²) in [5.41, 5.74) is 6.69. The van der Waals surface area contributed by atoms with Gasteiger partial charge in [-0.3, -0.25) is 14.5 Å². The number of carbonyl (C=O) groups is 3. The summed E-state index contributed by atoms with van der Waals surface area (Å²) in [4.78, 5) is 36.6. The standard InChI is InChI=1S/C17H19N3O5/c1-19-8-11(10-7-9(16(22)23)4-5-12(10)19)14(17(24)25)20-6-2-3-13(20)15(18)21/h4-5,7-8,13-14H,2-3,6H2,1H3,(H2,18,21)(H,22,23)(H,24,25)/t13-,14?/m1/s1. The SMILES string of the molecule is Cn1cc(C(C(=O)O)N2CCC[C@@H]2C(N)=O)c2cc(C(=O)O)ccc21. The number of aryl methyl sites for hydroxylation is 1. The highest BCUT2D eigenvalue weighted by Gasteiger charge is 2.39. The van der Waals surface area contributed by atoms with Crippen molar-refractivity contribution < 1.29 is 24.6 Å². The molecule has 1 aromatic heterocycles. The maximum atomic E-state index is 12.0. The second-order valence-corrected chi connectivity index (χ2v) is 6.27. The molecule has 4 N–H and O–H groups in total. The van der Waals surface area contributed by atoms with Gasteiger partial charge in [-0.05, 0) is 31.0 Å². The second-order valence-electron chi connectivity index (χ2n) is 6.27. The monoisotopic (exact) mass is 345 g/mol. The molecule has 0 aliphatic carbocycles. The van der Waals surface area contributed by atoms with Gasteiger partial charge >= 0.3 is 11.9 Å². The predicted octanol–water partition coefficient (Wildman–Crippen LogP) is 0.952. The zero-order chi connectivity index (χ0) is 18.3. The molecule has 1 amide bonds. The molecule has 1 aliphatic rings. The summed E-state index contributed by atoms with van der Waals surface area (Å²) in [6.07, 6.45) is 2.87. The van der Waals surface area contributed by atoms with E-state index in [2.05, 4.69) is 0 Å². The van der Waals surface area contributed by atoms with Gasteiger partial charge in [0.05, 0.1) is 11.6 Å². The number of nitrogens with two attached hydrogens (primary N) is 1. The minimum absolute atomic E-state index is 0.0805. The number of carboxylic acid groups (broad SMARTS) is 2. The number of aromatic carboxylic acids is 1. The predicted molar refractivity (Wildman–Crippen MR) is 89.2 cm³/mol. The van der Waals surface area contributed by atoms with Crippen LogP contribution in [0.3, 0.4) is 0 Å². The first-order valence-corrected chi connectivity index (χ1v) is 7.91. The van der Waals surface area contributed by atoms with Gasteiger partial charge in [0.2, 0.25) is 5.91 Å². The smallest absolute Gasteiger partial charge is 0.335 e. The molecule has 2 atom stereocenters. The van der Waals surface area contributed by atoms with E-state index in [9.17, 15) is 24.6 Å². The van der Waals surface area contributed by atoms with Crippen molar-refractivity contribution in [1.29, 1.82) is 0 Å². The largest absolute Gasteiger partial charge is 0.480 e. The number of carbonyl (C=O) groups excluding carboxylic acids is 1. The van der Waals surface area contributed by atoms with Crippen molar-refractivity contribution in [3.63, 3.8) is 0 Å². The topological polar surface area (TPSA) is 126 Å². The molecule has 0 bridgehead atoms. The van der Waals surface area contributed by atoms with E-state index in [-0.39, 0.29) is 5.56 Å². The first-order valence-electron chi connectivity index (χ1n) is 7.91. The Morgan fingerprint density at radius 3 is 2.60 bits per heavy atom. The molecule has 8 nitrogen and oxygen atoms in total. The van der Waals surface area contributed by atoms with Gasteiger partial charge < -0.3 is 20.5 Å². The molecule has 2 heterocycles. The van der Waals surface area contributed by atoms with Crippen LogP contribution in [0.1, 0.15) is 34.8 Å². The van der Waals surface area contributed by atoms with Crippen LogP contribution in [0.25, 0.3) is 10.9 Å². The van der Waals surface area contributed by atoms with Crippen LogP contribution in [0.2, 0.25) is 0 Å². The number of aromatic nitrogens is 1. The highest BCUT2D eigenvalue weighted by atomic mass is 16.4. The number of amides is 1. The zero-order valence-electron chi connectivity index (χ0n) is 13.7. The Labute approximate surface area is 143 Å². The van der Waals surface area contributed by atoms with Crippen LogP contribution in [-0.4, -0.2) is 50.1 Å². The van der Waals surface area contributed by atoms with Crippen molar-refractivity contribution in [1.82, 2.24) is 9.47 Å². The molecule has 1 unspecified atom stereocenters. The quantitative estimate of drug-likeness (QED) is 0.741. The lowest BCUT2D eigenvalue weighted by molar-refractivity contribution is -0.144. The third-order valence-corrected chi connectivity index (χ3v) is 4.75. The number of aliphatic carboxylic acids is 1. The number of hydrogen-bond acceptors (Lipinski definition) is 4. The molecule has 1 aromatic carbocycles. The Bertz CT molecular complexity index is 873. The Morgan fingerprint density at radius 2 is 2.00 bits per heavy atom. The minimum atomic E-state index is -1.10. The van der Waals surface area contributed by atoms with Gasteiger partial charge in [-0.15, -0.1) is 0 Å². The van der Waals surface area contributed by atoms with Crippen LogP contribution < -0.4 is 5.73 Å². The van der Waals surface area contributed by atoms with Crippen molar-refractivity contribution in [2.24, 2.45) is 12.8 Å². The van der Waals surface area contributed by atoms with Gasteiger partial charge in [0.15, 0.2) is 0 Å². The van der Waals surface area contributed by atoms with Gasteiger partial charge in [-0.25, -0.2) is 4.79 Å². The molecular formula is C17H19N3O5. The lowest BCUT2D eigenvalue weighted by Gasteiger charge is -2.28. The minimum Gasteiger partial charge on any atom is -0.480 e. The Hall–Kier alpha value is -2.87. The summed E-state index contributed by atoms with van der Waals surface area (Å²) in [6.45, 7) is 0.444. The van der Waals surface area contributed by atoms with E-state index in [0.717, 1.165) is 5.52 Å². The Balaban J connectivity index is 2.17. The number of rotatable bonds is 5. The van der Waals surface area contributed by atoms with E-state index in [0.29, 0.717) is 30.3 Å².